The standard InChI is InChI=1S/C7H6BClN2/c8-6-2-4-1-5(9)3-10-7(4)11-6/h1-3H,8H2,(H,10,11). The van der Waals surface area contributed by atoms with Crippen LogP contribution in [0.25, 0.3) is 11.0 Å². The number of H-pyrrole nitrogens is 1. The first-order chi connectivity index (χ1) is 5.25. The van der Waals surface area contributed by atoms with E-state index in [1.54, 1.807) is 6.20 Å². The molecule has 2 aromatic rings. The molecule has 0 aromatic carbocycles. The summed E-state index contributed by atoms with van der Waals surface area (Å²) in [5.74, 6) is 0. The van der Waals surface area contributed by atoms with E-state index in [2.05, 4.69) is 9.97 Å². The van der Waals surface area contributed by atoms with Crippen molar-refractivity contribution < 1.29 is 0 Å². The van der Waals surface area contributed by atoms with Crippen LogP contribution in [0.4, 0.5) is 0 Å². The van der Waals surface area contributed by atoms with Gasteiger partial charge in [0.1, 0.15) is 5.65 Å². The highest BCUT2D eigenvalue weighted by Gasteiger charge is 1.97. The zero-order valence-electron chi connectivity index (χ0n) is 6.06. The molecule has 0 fully saturated rings. The minimum absolute atomic E-state index is 0.677. The molecular weight excluding hydrogens is 158 g/mol. The van der Waals surface area contributed by atoms with Gasteiger partial charge in [0.05, 0.1) is 5.02 Å². The Hall–Kier alpha value is -0.955. The van der Waals surface area contributed by atoms with E-state index in [4.69, 9.17) is 11.6 Å². The summed E-state index contributed by atoms with van der Waals surface area (Å²) in [7, 11) is 2.00. The van der Waals surface area contributed by atoms with Gasteiger partial charge in [0.15, 0.2) is 7.85 Å². The molecule has 0 aliphatic rings. The first-order valence-electron chi connectivity index (χ1n) is 3.36. The summed E-state index contributed by atoms with van der Waals surface area (Å²) in [5.41, 5.74) is 2.00. The van der Waals surface area contributed by atoms with Crippen molar-refractivity contribution in [2.45, 2.75) is 0 Å². The van der Waals surface area contributed by atoms with E-state index < -0.39 is 0 Å². The van der Waals surface area contributed by atoms with Crippen LogP contribution in [0, 0.1) is 0 Å². The van der Waals surface area contributed by atoms with Crippen molar-refractivity contribution in [1.82, 2.24) is 9.97 Å². The van der Waals surface area contributed by atoms with Crippen LogP contribution in [0.15, 0.2) is 18.3 Å². The van der Waals surface area contributed by atoms with Crippen molar-refractivity contribution in [3.63, 3.8) is 0 Å². The molecular formula is C7H6BClN2. The molecule has 11 heavy (non-hydrogen) atoms. The lowest BCUT2D eigenvalue weighted by atomic mass is 10.1. The molecule has 0 saturated carbocycles. The Morgan fingerprint density at radius 3 is 3.09 bits per heavy atom. The summed E-state index contributed by atoms with van der Waals surface area (Å²) in [6.07, 6.45) is 1.64. The fourth-order valence-corrected chi connectivity index (χ4v) is 1.29. The highest BCUT2D eigenvalue weighted by atomic mass is 35.5. The highest BCUT2D eigenvalue weighted by molar-refractivity contribution is 6.33. The maximum atomic E-state index is 5.75. The number of nitrogens with one attached hydrogen (secondary N) is 1. The first kappa shape index (κ1) is 6.74. The minimum atomic E-state index is 0.677. The van der Waals surface area contributed by atoms with Crippen LogP contribution >= 0.6 is 11.6 Å². The van der Waals surface area contributed by atoms with E-state index in [1.165, 1.54) is 0 Å². The fraction of sp³-hybridized carbons (Fsp3) is 0. The first-order valence-corrected chi connectivity index (χ1v) is 3.74. The number of nitrogens with zero attached hydrogens (tertiary/aromatic N) is 1. The minimum Gasteiger partial charge on any atom is -0.352 e. The Bertz CT molecular complexity index is 396. The monoisotopic (exact) mass is 164 g/mol. The number of aromatic nitrogens is 2. The van der Waals surface area contributed by atoms with E-state index in [1.807, 2.05) is 20.0 Å². The summed E-state index contributed by atoms with van der Waals surface area (Å²) in [4.78, 5) is 7.23. The molecule has 0 aliphatic carbocycles. The average molecular weight is 164 g/mol. The molecule has 0 atom stereocenters. The Morgan fingerprint density at radius 1 is 1.45 bits per heavy atom. The number of rotatable bonds is 0. The molecule has 0 spiro atoms. The predicted molar refractivity (Wildman–Crippen MR) is 49.3 cm³/mol. The van der Waals surface area contributed by atoms with Crippen molar-refractivity contribution in [2.75, 3.05) is 0 Å². The lowest BCUT2D eigenvalue weighted by molar-refractivity contribution is 1.34. The zero-order valence-corrected chi connectivity index (χ0v) is 6.81. The molecule has 4 heteroatoms. The van der Waals surface area contributed by atoms with Gasteiger partial charge in [0, 0.05) is 11.6 Å². The van der Waals surface area contributed by atoms with E-state index in [9.17, 15) is 0 Å². The summed E-state index contributed by atoms with van der Waals surface area (Å²) < 4.78 is 0. The molecule has 0 aliphatic heterocycles. The largest absolute Gasteiger partial charge is 0.352 e. The Labute approximate surface area is 70.0 Å². The number of aromatic amines is 1. The van der Waals surface area contributed by atoms with Crippen molar-refractivity contribution in [3.8, 4) is 0 Å². The molecule has 2 heterocycles. The summed E-state index contributed by atoms with van der Waals surface area (Å²) in [6, 6.07) is 3.92. The lowest BCUT2D eigenvalue weighted by Gasteiger charge is -1.87. The van der Waals surface area contributed by atoms with Crippen molar-refractivity contribution in [2.24, 2.45) is 0 Å². The van der Waals surface area contributed by atoms with Gasteiger partial charge >= 0.3 is 0 Å². The molecule has 1 N–H and O–H groups in total. The Balaban J connectivity index is 2.82. The molecule has 54 valence electrons. The van der Waals surface area contributed by atoms with Gasteiger partial charge in [0.2, 0.25) is 0 Å². The summed E-state index contributed by atoms with van der Waals surface area (Å²) in [6.45, 7) is 0. The second kappa shape index (κ2) is 2.27. The number of halogens is 1. The third kappa shape index (κ3) is 1.12. The quantitative estimate of drug-likeness (QED) is 0.564. The van der Waals surface area contributed by atoms with Gasteiger partial charge in [-0.3, -0.25) is 0 Å². The normalized spacial score (nSPS) is 10.6. The number of hydrogen-bond donors (Lipinski definition) is 1. The second-order valence-corrected chi connectivity index (χ2v) is 2.98. The van der Waals surface area contributed by atoms with E-state index in [0.717, 1.165) is 16.6 Å². The van der Waals surface area contributed by atoms with Gasteiger partial charge in [0.25, 0.3) is 0 Å². The van der Waals surface area contributed by atoms with Crippen LogP contribution in [-0.2, 0) is 0 Å². The molecule has 0 saturated heterocycles. The molecule has 0 bridgehead atoms. The fourth-order valence-electron chi connectivity index (χ4n) is 1.13. The van der Waals surface area contributed by atoms with Crippen LogP contribution < -0.4 is 5.59 Å². The molecule has 2 rings (SSSR count). The number of fused-ring (bicyclic) bond motifs is 1. The number of pyridine rings is 1. The lowest BCUT2D eigenvalue weighted by Crippen LogP contribution is -1.99. The number of hydrogen-bond acceptors (Lipinski definition) is 1. The smallest absolute Gasteiger partial charge is 0.160 e. The topological polar surface area (TPSA) is 28.7 Å². The third-order valence-corrected chi connectivity index (χ3v) is 1.78. The van der Waals surface area contributed by atoms with Crippen LogP contribution in [0.5, 0.6) is 0 Å². The van der Waals surface area contributed by atoms with Crippen LogP contribution in [0.1, 0.15) is 0 Å². The predicted octanol–water partition coefficient (Wildman–Crippen LogP) is 0.475. The van der Waals surface area contributed by atoms with Gasteiger partial charge in [-0.05, 0) is 17.7 Å². The average Bonchev–Trinajstić information content (AvgIpc) is 2.27. The van der Waals surface area contributed by atoms with Crippen LogP contribution in [0.3, 0.4) is 0 Å². The van der Waals surface area contributed by atoms with Gasteiger partial charge in [-0.2, -0.15) is 0 Å². The summed E-state index contributed by atoms with van der Waals surface area (Å²) >= 11 is 5.75. The van der Waals surface area contributed by atoms with Gasteiger partial charge < -0.3 is 4.98 Å². The highest BCUT2D eigenvalue weighted by Crippen LogP contribution is 2.13. The maximum Gasteiger partial charge on any atom is 0.160 e. The van der Waals surface area contributed by atoms with E-state index in [-0.39, 0.29) is 0 Å². The molecule has 0 unspecified atom stereocenters. The van der Waals surface area contributed by atoms with Crippen LogP contribution in [-0.4, -0.2) is 17.8 Å². The molecule has 2 nitrogen and oxygen atoms in total. The Kier molecular flexibility index (Phi) is 1.39. The third-order valence-electron chi connectivity index (χ3n) is 1.57. The maximum absolute atomic E-state index is 5.75. The van der Waals surface area contributed by atoms with Crippen LogP contribution in [0.2, 0.25) is 5.02 Å². The van der Waals surface area contributed by atoms with Crippen molar-refractivity contribution >= 4 is 36.1 Å². The van der Waals surface area contributed by atoms with E-state index in [0.29, 0.717) is 5.02 Å². The van der Waals surface area contributed by atoms with Gasteiger partial charge in [-0.1, -0.05) is 11.6 Å². The van der Waals surface area contributed by atoms with Gasteiger partial charge in [-0.25, -0.2) is 4.98 Å². The van der Waals surface area contributed by atoms with E-state index >= 15 is 0 Å². The van der Waals surface area contributed by atoms with Crippen molar-refractivity contribution in [1.29, 1.82) is 0 Å². The Morgan fingerprint density at radius 2 is 2.27 bits per heavy atom. The van der Waals surface area contributed by atoms with Gasteiger partial charge in [-0.15, -0.1) is 0 Å². The second-order valence-electron chi connectivity index (χ2n) is 2.54. The molecule has 2 aromatic heterocycles. The molecule has 0 radical (unpaired) electrons. The SMILES string of the molecule is Bc1cc2cc(Cl)cnc2[nH]1. The summed E-state index contributed by atoms with van der Waals surface area (Å²) in [5, 5.41) is 1.74. The zero-order chi connectivity index (χ0) is 7.84. The van der Waals surface area contributed by atoms with Crippen molar-refractivity contribution in [3.05, 3.63) is 23.4 Å². The molecule has 0 amide bonds.